The molecule has 0 aliphatic heterocycles. The molecule has 0 radical (unpaired) electrons. The first kappa shape index (κ1) is 10.5. The van der Waals surface area contributed by atoms with Crippen molar-refractivity contribution in [2.24, 2.45) is 0 Å². The Kier molecular flexibility index (Phi) is 3.89. The summed E-state index contributed by atoms with van der Waals surface area (Å²) in [5.41, 5.74) is 0.468. The van der Waals surface area contributed by atoms with Crippen molar-refractivity contribution in [2.45, 2.75) is 13.0 Å². The summed E-state index contributed by atoms with van der Waals surface area (Å²) in [4.78, 5) is 4.00. The van der Waals surface area contributed by atoms with E-state index in [-0.39, 0.29) is 6.10 Å². The lowest BCUT2D eigenvalue weighted by molar-refractivity contribution is 0.211. The van der Waals surface area contributed by atoms with E-state index in [1.165, 1.54) is 0 Å². The first-order valence-electron chi connectivity index (χ1n) is 4.44. The molecule has 14 heavy (non-hydrogen) atoms. The molecule has 1 aromatic heterocycles. The van der Waals surface area contributed by atoms with Gasteiger partial charge < -0.3 is 10.1 Å². The van der Waals surface area contributed by atoms with Crippen molar-refractivity contribution in [2.75, 3.05) is 13.6 Å². The summed E-state index contributed by atoms with van der Waals surface area (Å²) in [5, 5.41) is 11.8. The van der Waals surface area contributed by atoms with Crippen LogP contribution in [0.4, 0.5) is 0 Å². The number of hydrogen-bond donors (Lipinski definition) is 1. The lowest BCUT2D eigenvalue weighted by Gasteiger charge is -2.13. The molecule has 0 spiro atoms. The van der Waals surface area contributed by atoms with Gasteiger partial charge in [0.15, 0.2) is 0 Å². The summed E-state index contributed by atoms with van der Waals surface area (Å²) >= 11 is 0. The molecule has 0 saturated heterocycles. The maximum atomic E-state index is 8.78. The molecular weight excluding hydrogens is 178 g/mol. The lowest BCUT2D eigenvalue weighted by atomic mass is 10.3. The third kappa shape index (κ3) is 2.71. The summed E-state index contributed by atoms with van der Waals surface area (Å²) in [6, 6.07) is 5.44. The van der Waals surface area contributed by atoms with E-state index in [9.17, 15) is 0 Å². The highest BCUT2D eigenvalue weighted by molar-refractivity contribution is 5.37. The minimum Gasteiger partial charge on any atom is -0.472 e. The van der Waals surface area contributed by atoms with Gasteiger partial charge in [-0.1, -0.05) is 0 Å². The van der Waals surface area contributed by atoms with E-state index in [1.807, 2.05) is 20.0 Å². The van der Waals surface area contributed by atoms with Gasteiger partial charge in [0.25, 0.3) is 0 Å². The van der Waals surface area contributed by atoms with Crippen molar-refractivity contribution in [1.29, 1.82) is 5.26 Å². The fourth-order valence-corrected chi connectivity index (χ4v) is 1.09. The number of nitrogens with zero attached hydrogens (tertiary/aromatic N) is 2. The molecular formula is C10H13N3O. The minimum atomic E-state index is 0.00185. The van der Waals surface area contributed by atoms with Crippen molar-refractivity contribution < 1.29 is 4.74 Å². The van der Waals surface area contributed by atoms with E-state index in [2.05, 4.69) is 10.3 Å². The molecule has 1 heterocycles. The highest BCUT2D eigenvalue weighted by Gasteiger charge is 2.07. The highest BCUT2D eigenvalue weighted by Crippen LogP contribution is 2.13. The van der Waals surface area contributed by atoms with Crippen LogP contribution in [0.2, 0.25) is 0 Å². The summed E-state index contributed by atoms with van der Waals surface area (Å²) in [6.45, 7) is 2.65. The van der Waals surface area contributed by atoms with Gasteiger partial charge in [-0.05, 0) is 26.1 Å². The fourth-order valence-electron chi connectivity index (χ4n) is 1.09. The average Bonchev–Trinajstić information content (AvgIpc) is 2.19. The first-order chi connectivity index (χ1) is 6.77. The Morgan fingerprint density at radius 2 is 2.50 bits per heavy atom. The van der Waals surface area contributed by atoms with E-state index < -0.39 is 0 Å². The Labute approximate surface area is 83.5 Å². The smallest absolute Gasteiger partial charge is 0.231 e. The van der Waals surface area contributed by atoms with Crippen LogP contribution in [0, 0.1) is 11.3 Å². The van der Waals surface area contributed by atoms with Gasteiger partial charge in [0.05, 0.1) is 0 Å². The van der Waals surface area contributed by atoms with E-state index in [0.717, 1.165) is 6.54 Å². The molecule has 0 bridgehead atoms. The van der Waals surface area contributed by atoms with Crippen LogP contribution in [-0.4, -0.2) is 24.7 Å². The SMILES string of the molecule is CNCC(C)Oc1ncccc1C#N. The van der Waals surface area contributed by atoms with E-state index in [4.69, 9.17) is 10.00 Å². The molecule has 0 saturated carbocycles. The van der Waals surface area contributed by atoms with E-state index >= 15 is 0 Å². The van der Waals surface area contributed by atoms with Crippen molar-refractivity contribution in [3.05, 3.63) is 23.9 Å². The van der Waals surface area contributed by atoms with Crippen LogP contribution in [0.25, 0.3) is 0 Å². The molecule has 4 heteroatoms. The van der Waals surface area contributed by atoms with Gasteiger partial charge in [0, 0.05) is 12.7 Å². The Morgan fingerprint density at radius 3 is 3.14 bits per heavy atom. The Bertz CT molecular complexity index is 332. The molecule has 0 aliphatic carbocycles. The van der Waals surface area contributed by atoms with Crippen LogP contribution in [0.15, 0.2) is 18.3 Å². The van der Waals surface area contributed by atoms with Crippen molar-refractivity contribution in [3.63, 3.8) is 0 Å². The Morgan fingerprint density at radius 1 is 1.71 bits per heavy atom. The summed E-state index contributed by atoms with van der Waals surface area (Å²) in [7, 11) is 1.85. The topological polar surface area (TPSA) is 57.9 Å². The quantitative estimate of drug-likeness (QED) is 0.769. The van der Waals surface area contributed by atoms with Gasteiger partial charge in [0.2, 0.25) is 5.88 Å². The number of ether oxygens (including phenoxy) is 1. The molecule has 1 unspecified atom stereocenters. The first-order valence-corrected chi connectivity index (χ1v) is 4.44. The Balaban J connectivity index is 2.71. The third-order valence-electron chi connectivity index (χ3n) is 1.70. The predicted octanol–water partition coefficient (Wildman–Crippen LogP) is 0.940. The standard InChI is InChI=1S/C10H13N3O/c1-8(7-12-2)14-10-9(6-11)4-3-5-13-10/h3-5,8,12H,7H2,1-2H3. The maximum absolute atomic E-state index is 8.78. The van der Waals surface area contributed by atoms with Gasteiger partial charge >= 0.3 is 0 Å². The second-order valence-electron chi connectivity index (χ2n) is 2.95. The zero-order chi connectivity index (χ0) is 10.4. The summed E-state index contributed by atoms with van der Waals surface area (Å²) < 4.78 is 5.48. The van der Waals surface area contributed by atoms with Gasteiger partial charge in [0.1, 0.15) is 17.7 Å². The predicted molar refractivity (Wildman–Crippen MR) is 53.0 cm³/mol. The van der Waals surface area contributed by atoms with Crippen LogP contribution in [-0.2, 0) is 0 Å². The normalized spacial score (nSPS) is 11.8. The van der Waals surface area contributed by atoms with Crippen LogP contribution >= 0.6 is 0 Å². The van der Waals surface area contributed by atoms with E-state index in [0.29, 0.717) is 11.4 Å². The summed E-state index contributed by atoms with van der Waals surface area (Å²) in [5.74, 6) is 0.401. The number of likely N-dealkylation sites (N-methyl/N-ethyl adjacent to an activating group) is 1. The van der Waals surface area contributed by atoms with Crippen LogP contribution in [0.3, 0.4) is 0 Å². The zero-order valence-electron chi connectivity index (χ0n) is 8.32. The van der Waals surface area contributed by atoms with Gasteiger partial charge in [-0.25, -0.2) is 4.98 Å². The molecule has 4 nitrogen and oxygen atoms in total. The van der Waals surface area contributed by atoms with E-state index in [1.54, 1.807) is 18.3 Å². The third-order valence-corrected chi connectivity index (χ3v) is 1.70. The molecule has 1 atom stereocenters. The lowest BCUT2D eigenvalue weighted by Crippen LogP contribution is -2.26. The molecule has 0 amide bonds. The largest absolute Gasteiger partial charge is 0.472 e. The second-order valence-corrected chi connectivity index (χ2v) is 2.95. The molecule has 1 rings (SSSR count). The Hall–Kier alpha value is -1.60. The molecule has 0 fully saturated rings. The molecule has 1 aromatic rings. The number of hydrogen-bond acceptors (Lipinski definition) is 4. The van der Waals surface area contributed by atoms with Crippen LogP contribution in [0.1, 0.15) is 12.5 Å². The second kappa shape index (κ2) is 5.20. The number of aromatic nitrogens is 1. The number of rotatable bonds is 4. The number of nitrogens with one attached hydrogen (secondary N) is 1. The maximum Gasteiger partial charge on any atom is 0.231 e. The molecule has 74 valence electrons. The van der Waals surface area contributed by atoms with Crippen molar-refractivity contribution >= 4 is 0 Å². The van der Waals surface area contributed by atoms with Gasteiger partial charge in [-0.3, -0.25) is 0 Å². The minimum absolute atomic E-state index is 0.00185. The number of pyridine rings is 1. The summed E-state index contributed by atoms with van der Waals surface area (Å²) in [6.07, 6.45) is 1.62. The van der Waals surface area contributed by atoms with Gasteiger partial charge in [-0.2, -0.15) is 5.26 Å². The molecule has 0 aliphatic rings. The molecule has 0 aromatic carbocycles. The van der Waals surface area contributed by atoms with Crippen LogP contribution in [0.5, 0.6) is 5.88 Å². The highest BCUT2D eigenvalue weighted by atomic mass is 16.5. The van der Waals surface area contributed by atoms with Crippen LogP contribution < -0.4 is 10.1 Å². The average molecular weight is 191 g/mol. The zero-order valence-corrected chi connectivity index (χ0v) is 8.32. The number of nitriles is 1. The fraction of sp³-hybridized carbons (Fsp3) is 0.400. The monoisotopic (exact) mass is 191 g/mol. The van der Waals surface area contributed by atoms with Crippen molar-refractivity contribution in [1.82, 2.24) is 10.3 Å². The van der Waals surface area contributed by atoms with Gasteiger partial charge in [-0.15, -0.1) is 0 Å². The molecule has 1 N–H and O–H groups in total. The van der Waals surface area contributed by atoms with Crippen molar-refractivity contribution in [3.8, 4) is 11.9 Å².